The number of nitrogens with zero attached hydrogens (tertiary/aromatic N) is 2. The molecule has 1 aromatic rings. The zero-order valence-electron chi connectivity index (χ0n) is 11.3. The van der Waals surface area contributed by atoms with Crippen molar-refractivity contribution in [2.45, 2.75) is 6.54 Å². The summed E-state index contributed by atoms with van der Waals surface area (Å²) >= 11 is 0. The summed E-state index contributed by atoms with van der Waals surface area (Å²) in [6, 6.07) is 3.02. The van der Waals surface area contributed by atoms with Crippen LogP contribution >= 0.6 is 0 Å². The first-order valence-corrected chi connectivity index (χ1v) is 8.13. The van der Waals surface area contributed by atoms with E-state index >= 15 is 0 Å². The summed E-state index contributed by atoms with van der Waals surface area (Å²) in [6.07, 6.45) is 1.21. The largest absolute Gasteiger partial charge is 0.397 e. The van der Waals surface area contributed by atoms with Gasteiger partial charge in [-0.3, -0.25) is 4.90 Å². The molecule has 1 fully saturated rings. The molecule has 1 aromatic carbocycles. The van der Waals surface area contributed by atoms with E-state index in [-0.39, 0.29) is 11.4 Å². The van der Waals surface area contributed by atoms with Crippen molar-refractivity contribution in [2.24, 2.45) is 0 Å². The molecule has 112 valence electrons. The van der Waals surface area contributed by atoms with Gasteiger partial charge < -0.3 is 11.5 Å². The first kappa shape index (κ1) is 15.0. The van der Waals surface area contributed by atoms with Crippen LogP contribution in [0.3, 0.4) is 0 Å². The third-order valence-corrected chi connectivity index (χ3v) is 4.73. The van der Waals surface area contributed by atoms with E-state index in [4.69, 9.17) is 11.5 Å². The maximum atomic E-state index is 13.5. The van der Waals surface area contributed by atoms with Crippen molar-refractivity contribution in [1.29, 1.82) is 0 Å². The van der Waals surface area contributed by atoms with Crippen LogP contribution in [0.15, 0.2) is 12.1 Å². The maximum Gasteiger partial charge on any atom is 0.211 e. The first-order chi connectivity index (χ1) is 9.27. The van der Waals surface area contributed by atoms with Crippen molar-refractivity contribution in [2.75, 3.05) is 43.9 Å². The molecular weight excluding hydrogens is 283 g/mol. The molecule has 1 saturated heterocycles. The van der Waals surface area contributed by atoms with Crippen LogP contribution in [0, 0.1) is 5.82 Å². The van der Waals surface area contributed by atoms with Gasteiger partial charge >= 0.3 is 0 Å². The monoisotopic (exact) mass is 302 g/mol. The summed E-state index contributed by atoms with van der Waals surface area (Å²) in [6.45, 7) is 2.65. The average molecular weight is 302 g/mol. The third kappa shape index (κ3) is 3.38. The van der Waals surface area contributed by atoms with E-state index in [1.165, 1.54) is 16.6 Å². The molecule has 20 heavy (non-hydrogen) atoms. The average Bonchev–Trinajstić information content (AvgIpc) is 2.35. The molecule has 0 bridgehead atoms. The molecule has 0 atom stereocenters. The molecule has 0 unspecified atom stereocenters. The summed E-state index contributed by atoms with van der Waals surface area (Å²) in [4.78, 5) is 2.06. The highest BCUT2D eigenvalue weighted by molar-refractivity contribution is 7.88. The van der Waals surface area contributed by atoms with Crippen molar-refractivity contribution in [1.82, 2.24) is 9.21 Å². The predicted molar refractivity (Wildman–Crippen MR) is 76.9 cm³/mol. The van der Waals surface area contributed by atoms with Gasteiger partial charge in [0.25, 0.3) is 0 Å². The summed E-state index contributed by atoms with van der Waals surface area (Å²) < 4.78 is 37.8. The molecule has 1 aliphatic rings. The topological polar surface area (TPSA) is 92.7 Å². The van der Waals surface area contributed by atoms with Crippen LogP contribution in [0.1, 0.15) is 5.56 Å². The zero-order chi connectivity index (χ0) is 14.9. The smallest absolute Gasteiger partial charge is 0.211 e. The zero-order valence-corrected chi connectivity index (χ0v) is 12.2. The van der Waals surface area contributed by atoms with E-state index in [0.29, 0.717) is 32.7 Å². The minimum Gasteiger partial charge on any atom is -0.397 e. The van der Waals surface area contributed by atoms with Gasteiger partial charge in [0.2, 0.25) is 10.0 Å². The molecular formula is C12H19FN4O2S. The highest BCUT2D eigenvalue weighted by Gasteiger charge is 2.23. The second kappa shape index (κ2) is 5.55. The lowest BCUT2D eigenvalue weighted by atomic mass is 10.1. The normalized spacial score (nSPS) is 18.3. The molecule has 1 heterocycles. The van der Waals surface area contributed by atoms with E-state index in [0.717, 1.165) is 5.56 Å². The number of halogens is 1. The van der Waals surface area contributed by atoms with Gasteiger partial charge in [-0.1, -0.05) is 0 Å². The SMILES string of the molecule is CS(=O)(=O)N1CCN(Cc2cc(N)c(N)c(F)c2)CC1. The number of piperazine rings is 1. The van der Waals surface area contributed by atoms with Crippen LogP contribution in [0.25, 0.3) is 0 Å². The number of nitrogen functional groups attached to an aromatic ring is 2. The Bertz CT molecular complexity index is 574. The van der Waals surface area contributed by atoms with Crippen molar-refractivity contribution >= 4 is 21.4 Å². The van der Waals surface area contributed by atoms with E-state index < -0.39 is 15.8 Å². The molecule has 4 N–H and O–H groups in total. The van der Waals surface area contributed by atoms with E-state index in [1.54, 1.807) is 6.07 Å². The fourth-order valence-electron chi connectivity index (χ4n) is 2.27. The molecule has 0 spiro atoms. The molecule has 0 amide bonds. The number of sulfonamides is 1. The fraction of sp³-hybridized carbons (Fsp3) is 0.500. The summed E-state index contributed by atoms with van der Waals surface area (Å²) in [7, 11) is -3.13. The minimum absolute atomic E-state index is 0.0318. The van der Waals surface area contributed by atoms with Crippen LogP contribution in [-0.2, 0) is 16.6 Å². The molecule has 0 aliphatic carbocycles. The summed E-state index contributed by atoms with van der Waals surface area (Å²) in [5.41, 5.74) is 12.0. The Morgan fingerprint density at radius 3 is 2.30 bits per heavy atom. The molecule has 1 aliphatic heterocycles. The van der Waals surface area contributed by atoms with Crippen molar-refractivity contribution < 1.29 is 12.8 Å². The van der Waals surface area contributed by atoms with Crippen molar-refractivity contribution in [3.8, 4) is 0 Å². The van der Waals surface area contributed by atoms with Gasteiger partial charge in [-0.05, 0) is 17.7 Å². The molecule has 0 aromatic heterocycles. The molecule has 6 nitrogen and oxygen atoms in total. The third-order valence-electron chi connectivity index (χ3n) is 3.43. The first-order valence-electron chi connectivity index (χ1n) is 6.28. The van der Waals surface area contributed by atoms with Crippen molar-refractivity contribution in [3.05, 3.63) is 23.5 Å². The van der Waals surface area contributed by atoms with Crippen LogP contribution in [0.2, 0.25) is 0 Å². The van der Waals surface area contributed by atoms with Crippen LogP contribution < -0.4 is 11.5 Å². The predicted octanol–water partition coefficient (Wildman–Crippen LogP) is 0.0673. The molecule has 8 heteroatoms. The number of hydrogen-bond donors (Lipinski definition) is 2. The second-order valence-electron chi connectivity index (χ2n) is 5.02. The van der Waals surface area contributed by atoms with Gasteiger partial charge in [0.1, 0.15) is 5.82 Å². The molecule has 2 rings (SSSR count). The number of nitrogens with two attached hydrogens (primary N) is 2. The quantitative estimate of drug-likeness (QED) is 0.771. The Labute approximate surface area is 118 Å². The lowest BCUT2D eigenvalue weighted by molar-refractivity contribution is 0.182. The van der Waals surface area contributed by atoms with E-state index in [1.807, 2.05) is 0 Å². The Kier molecular flexibility index (Phi) is 4.17. The number of hydrogen-bond acceptors (Lipinski definition) is 5. The van der Waals surface area contributed by atoms with E-state index in [2.05, 4.69) is 4.90 Å². The Morgan fingerprint density at radius 2 is 1.80 bits per heavy atom. The molecule has 0 radical (unpaired) electrons. The summed E-state index contributed by atoms with van der Waals surface area (Å²) in [5.74, 6) is -0.519. The van der Waals surface area contributed by atoms with Gasteiger partial charge in [0.15, 0.2) is 0 Å². The maximum absolute atomic E-state index is 13.5. The fourth-order valence-corrected chi connectivity index (χ4v) is 3.09. The number of rotatable bonds is 3. The highest BCUT2D eigenvalue weighted by atomic mass is 32.2. The Morgan fingerprint density at radius 1 is 1.20 bits per heavy atom. The van der Waals surface area contributed by atoms with Gasteiger partial charge in [-0.25, -0.2) is 12.8 Å². The lowest BCUT2D eigenvalue weighted by Crippen LogP contribution is -2.47. The second-order valence-corrected chi connectivity index (χ2v) is 7.00. The van der Waals surface area contributed by atoms with Crippen molar-refractivity contribution in [3.63, 3.8) is 0 Å². The van der Waals surface area contributed by atoms with Gasteiger partial charge in [0, 0.05) is 32.7 Å². The number of anilines is 2. The van der Waals surface area contributed by atoms with Gasteiger partial charge in [0.05, 0.1) is 17.6 Å². The van der Waals surface area contributed by atoms with Gasteiger partial charge in [-0.15, -0.1) is 0 Å². The molecule has 0 saturated carbocycles. The van der Waals surface area contributed by atoms with Gasteiger partial charge in [-0.2, -0.15) is 4.31 Å². The Hall–Kier alpha value is -1.38. The van der Waals surface area contributed by atoms with Crippen LogP contribution in [-0.4, -0.2) is 50.1 Å². The summed E-state index contributed by atoms with van der Waals surface area (Å²) in [5, 5.41) is 0. The minimum atomic E-state index is -3.13. The van der Waals surface area contributed by atoms with E-state index in [9.17, 15) is 12.8 Å². The Balaban J connectivity index is 2.00. The van der Waals surface area contributed by atoms with Crippen LogP contribution in [0.4, 0.5) is 15.8 Å². The number of benzene rings is 1. The lowest BCUT2D eigenvalue weighted by Gasteiger charge is -2.33. The van der Waals surface area contributed by atoms with Crippen LogP contribution in [0.5, 0.6) is 0 Å². The highest BCUT2D eigenvalue weighted by Crippen LogP contribution is 2.22. The standard InChI is InChI=1S/C12H19FN4O2S/c1-20(18,19)17-4-2-16(3-5-17)8-9-6-10(13)12(15)11(14)7-9/h6-7H,2-5,8,14-15H2,1H3.